The molecule has 2 aromatic carbocycles. The van der Waals surface area contributed by atoms with Crippen molar-refractivity contribution in [2.24, 2.45) is 23.7 Å². The number of fused-ring (bicyclic) bond motifs is 1. The van der Waals surface area contributed by atoms with Gasteiger partial charge in [-0.2, -0.15) is 0 Å². The Labute approximate surface area is 235 Å². The minimum Gasteiger partial charge on any atom is -0.394 e. The maximum Gasteiger partial charge on any atom is 0.248 e. The molecule has 3 unspecified atom stereocenters. The Balaban J connectivity index is 1.52. The van der Waals surface area contributed by atoms with Gasteiger partial charge in [0, 0.05) is 17.5 Å². The molecule has 3 fully saturated rings. The van der Waals surface area contributed by atoms with E-state index in [9.17, 15) is 19.5 Å². The van der Waals surface area contributed by atoms with Crippen LogP contribution in [0.5, 0.6) is 0 Å². The van der Waals surface area contributed by atoms with Crippen LogP contribution in [0.2, 0.25) is 0 Å². The van der Waals surface area contributed by atoms with Crippen molar-refractivity contribution in [2.75, 3.05) is 11.9 Å². The van der Waals surface area contributed by atoms with Gasteiger partial charge in [0.05, 0.1) is 29.2 Å². The molecule has 5 rings (SSSR count). The summed E-state index contributed by atoms with van der Waals surface area (Å²) in [5.41, 5.74) is 3.69. The summed E-state index contributed by atoms with van der Waals surface area (Å²) in [4.78, 5) is 43.9. The number of rotatable bonds is 8. The first kappa shape index (κ1) is 27.7. The third kappa shape index (κ3) is 4.55. The highest BCUT2D eigenvalue weighted by molar-refractivity contribution is 8.02. The van der Waals surface area contributed by atoms with Crippen molar-refractivity contribution in [3.05, 3.63) is 65.2 Å². The Morgan fingerprint density at radius 2 is 1.85 bits per heavy atom. The zero-order valence-electron chi connectivity index (χ0n) is 23.3. The molecule has 0 aromatic heterocycles. The number of aliphatic hydroxyl groups excluding tert-OH is 1. The van der Waals surface area contributed by atoms with Gasteiger partial charge in [0.1, 0.15) is 6.04 Å². The lowest BCUT2D eigenvalue weighted by atomic mass is 9.66. The molecule has 3 heterocycles. The first-order chi connectivity index (χ1) is 18.6. The molecule has 2 bridgehead atoms. The summed E-state index contributed by atoms with van der Waals surface area (Å²) in [7, 11) is 0. The quantitative estimate of drug-likeness (QED) is 0.464. The molecule has 2 aromatic rings. The smallest absolute Gasteiger partial charge is 0.248 e. The van der Waals surface area contributed by atoms with E-state index in [0.29, 0.717) is 6.54 Å². The van der Waals surface area contributed by atoms with Crippen LogP contribution in [0.4, 0.5) is 5.69 Å². The number of amides is 3. The molecule has 7 nitrogen and oxygen atoms in total. The minimum atomic E-state index is -0.786. The van der Waals surface area contributed by atoms with Gasteiger partial charge in [-0.25, -0.2) is 0 Å². The molecule has 0 saturated carbocycles. The number of aliphatic hydroxyl groups is 1. The van der Waals surface area contributed by atoms with Gasteiger partial charge in [-0.1, -0.05) is 63.2 Å². The van der Waals surface area contributed by atoms with Crippen LogP contribution in [0.25, 0.3) is 0 Å². The summed E-state index contributed by atoms with van der Waals surface area (Å²) >= 11 is 1.65. The van der Waals surface area contributed by atoms with Gasteiger partial charge in [0.2, 0.25) is 17.7 Å². The monoisotopic (exact) mass is 549 g/mol. The Morgan fingerprint density at radius 3 is 2.51 bits per heavy atom. The molecule has 3 aliphatic rings. The normalized spacial score (nSPS) is 30.0. The van der Waals surface area contributed by atoms with Crippen molar-refractivity contribution in [3.63, 3.8) is 0 Å². The fourth-order valence-electron chi connectivity index (χ4n) is 7.01. The predicted molar refractivity (Wildman–Crippen MR) is 154 cm³/mol. The molecular weight excluding hydrogens is 510 g/mol. The van der Waals surface area contributed by atoms with E-state index in [1.165, 1.54) is 0 Å². The summed E-state index contributed by atoms with van der Waals surface area (Å²) < 4.78 is -0.735. The Bertz CT molecular complexity index is 1270. The number of nitrogens with zero attached hydrogens (tertiary/aromatic N) is 1. The van der Waals surface area contributed by atoms with E-state index in [4.69, 9.17) is 0 Å². The molecule has 3 N–H and O–H groups in total. The van der Waals surface area contributed by atoms with E-state index < -0.39 is 28.7 Å². The number of benzene rings is 2. The van der Waals surface area contributed by atoms with Gasteiger partial charge in [0.25, 0.3) is 0 Å². The van der Waals surface area contributed by atoms with Gasteiger partial charge in [-0.3, -0.25) is 14.4 Å². The third-order valence-electron chi connectivity index (χ3n) is 9.01. The number of likely N-dealkylation sites (tertiary alicyclic amines) is 1. The van der Waals surface area contributed by atoms with Crippen molar-refractivity contribution in [3.8, 4) is 0 Å². The van der Waals surface area contributed by atoms with Gasteiger partial charge in [-0.15, -0.1) is 11.8 Å². The zero-order valence-corrected chi connectivity index (χ0v) is 24.1. The fourth-order valence-corrected chi connectivity index (χ4v) is 9.42. The molecule has 0 aliphatic carbocycles. The Morgan fingerprint density at radius 1 is 1.13 bits per heavy atom. The Hall–Kier alpha value is -2.84. The number of aryl methyl sites for hydroxylation is 2. The molecule has 39 heavy (non-hydrogen) atoms. The van der Waals surface area contributed by atoms with Crippen LogP contribution in [-0.2, 0) is 20.9 Å². The summed E-state index contributed by atoms with van der Waals surface area (Å²) in [6, 6.07) is 14.3. The maximum absolute atomic E-state index is 14.3. The van der Waals surface area contributed by atoms with Crippen LogP contribution >= 0.6 is 11.8 Å². The van der Waals surface area contributed by atoms with Gasteiger partial charge < -0.3 is 20.6 Å². The lowest BCUT2D eigenvalue weighted by Crippen LogP contribution is -2.58. The van der Waals surface area contributed by atoms with Gasteiger partial charge in [0.15, 0.2) is 0 Å². The zero-order chi connectivity index (χ0) is 28.1. The first-order valence-electron chi connectivity index (χ1n) is 13.9. The van der Waals surface area contributed by atoms with Crippen molar-refractivity contribution in [2.45, 2.75) is 69.7 Å². The second kappa shape index (κ2) is 10.6. The van der Waals surface area contributed by atoms with E-state index >= 15 is 0 Å². The predicted octanol–water partition coefficient (Wildman–Crippen LogP) is 3.91. The number of carbonyl (C=O) groups is 3. The largest absolute Gasteiger partial charge is 0.394 e. The third-order valence-corrected chi connectivity index (χ3v) is 11.1. The van der Waals surface area contributed by atoms with Crippen LogP contribution in [0, 0.1) is 37.5 Å². The molecule has 8 heteroatoms. The van der Waals surface area contributed by atoms with Crippen LogP contribution < -0.4 is 10.6 Å². The Kier molecular flexibility index (Phi) is 7.55. The van der Waals surface area contributed by atoms with E-state index in [1.54, 1.807) is 16.7 Å². The van der Waals surface area contributed by atoms with Crippen LogP contribution in [0.1, 0.15) is 43.9 Å². The standard InChI is InChI=1S/C31H39N3O4S/c1-17(2)23(16-35)34-27(29(37)33-22-13-18(3)11-12-19(22)4)31-20(5)14-24(39-31)25(26(31)30(34)38)28(36)32-15-21-9-7-6-8-10-21/h6-13,17,20,23-27,35H,14-16H2,1-5H3,(H,32,36)(H,33,37)/t20?,23-,24+,25-,26-,27?,31?/m0/s1. The highest BCUT2D eigenvalue weighted by Gasteiger charge is 2.76. The maximum atomic E-state index is 14.3. The van der Waals surface area contributed by atoms with Crippen molar-refractivity contribution in [1.29, 1.82) is 0 Å². The van der Waals surface area contributed by atoms with E-state index in [0.717, 1.165) is 28.8 Å². The summed E-state index contributed by atoms with van der Waals surface area (Å²) in [6.45, 7) is 10.1. The number of anilines is 1. The van der Waals surface area contributed by atoms with E-state index in [2.05, 4.69) is 17.6 Å². The van der Waals surface area contributed by atoms with Crippen molar-refractivity contribution < 1.29 is 19.5 Å². The van der Waals surface area contributed by atoms with Gasteiger partial charge in [-0.05, 0) is 54.9 Å². The fraction of sp³-hybridized carbons (Fsp3) is 0.516. The second-order valence-corrected chi connectivity index (χ2v) is 13.4. The minimum absolute atomic E-state index is 0.0329. The molecule has 3 saturated heterocycles. The van der Waals surface area contributed by atoms with Gasteiger partial charge >= 0.3 is 0 Å². The molecular formula is C31H39N3O4S. The van der Waals surface area contributed by atoms with Crippen LogP contribution in [0.15, 0.2) is 48.5 Å². The van der Waals surface area contributed by atoms with E-state index in [-0.39, 0.29) is 41.4 Å². The topological polar surface area (TPSA) is 98.7 Å². The number of hydrogen-bond donors (Lipinski definition) is 3. The summed E-state index contributed by atoms with van der Waals surface area (Å²) in [6.07, 6.45) is 0.768. The molecule has 1 spiro atoms. The SMILES string of the molecule is Cc1ccc(C)c(NC(=O)C2N([C@@H](CO)C(C)C)C(=O)[C@@H]3[C@@H](C(=O)NCc4ccccc4)[C@H]4CC(C)C23S4)c1. The molecule has 208 valence electrons. The average Bonchev–Trinajstić information content (AvgIpc) is 3.49. The highest BCUT2D eigenvalue weighted by atomic mass is 32.2. The van der Waals surface area contributed by atoms with Crippen molar-refractivity contribution in [1.82, 2.24) is 10.2 Å². The molecule has 7 atom stereocenters. The summed E-state index contributed by atoms with van der Waals surface area (Å²) in [5, 5.41) is 16.6. The van der Waals surface area contributed by atoms with E-state index in [1.807, 2.05) is 76.2 Å². The number of carbonyl (C=O) groups excluding carboxylic acids is 3. The second-order valence-electron chi connectivity index (χ2n) is 11.8. The number of hydrogen-bond acceptors (Lipinski definition) is 5. The molecule has 3 amide bonds. The number of nitrogens with one attached hydrogen (secondary N) is 2. The van der Waals surface area contributed by atoms with Crippen LogP contribution in [0.3, 0.4) is 0 Å². The van der Waals surface area contributed by atoms with Crippen molar-refractivity contribution >= 4 is 35.2 Å². The first-order valence-corrected chi connectivity index (χ1v) is 14.8. The molecule has 0 radical (unpaired) electrons. The average molecular weight is 550 g/mol. The van der Waals surface area contributed by atoms with Crippen LogP contribution in [-0.4, -0.2) is 56.4 Å². The summed E-state index contributed by atoms with van der Waals surface area (Å²) in [5.74, 6) is -1.71. The lowest BCUT2D eigenvalue weighted by molar-refractivity contribution is -0.143. The highest BCUT2D eigenvalue weighted by Crippen LogP contribution is 2.69. The lowest BCUT2D eigenvalue weighted by Gasteiger charge is -2.41. The molecule has 3 aliphatic heterocycles. The number of thioether (sulfide) groups is 1.